The maximum Gasteiger partial charge on any atom is 0.490 e. The summed E-state index contributed by atoms with van der Waals surface area (Å²) < 4.78 is 74.3. The molecule has 0 saturated carbocycles. The average molecular weight is 555 g/mol. The van der Waals surface area contributed by atoms with E-state index in [0.717, 1.165) is 11.3 Å². The molecule has 2 N–H and O–H groups in total. The number of rotatable bonds is 8. The number of hydrogen-bond acceptors (Lipinski definition) is 9. The van der Waals surface area contributed by atoms with Crippen molar-refractivity contribution in [3.8, 4) is 12.3 Å². The van der Waals surface area contributed by atoms with Crippen molar-refractivity contribution >= 4 is 17.3 Å². The number of carboxylic acids is 1. The maximum atomic E-state index is 13.7. The summed E-state index contributed by atoms with van der Waals surface area (Å²) in [7, 11) is 0. The molecule has 17 heteroatoms. The van der Waals surface area contributed by atoms with E-state index in [9.17, 15) is 26.3 Å². The van der Waals surface area contributed by atoms with Gasteiger partial charge in [-0.3, -0.25) is 0 Å². The largest absolute Gasteiger partial charge is 0.490 e. The topological polar surface area (TPSA) is 131 Å². The van der Waals surface area contributed by atoms with Crippen LogP contribution in [0.15, 0.2) is 10.2 Å². The van der Waals surface area contributed by atoms with Crippen LogP contribution in [-0.2, 0) is 16.5 Å². The molecular weight excluding hydrogens is 530 g/mol. The molecule has 3 heterocycles. The number of thiazole rings is 1. The van der Waals surface area contributed by atoms with E-state index >= 15 is 0 Å². The van der Waals surface area contributed by atoms with Crippen LogP contribution in [0.5, 0.6) is 0 Å². The van der Waals surface area contributed by atoms with Gasteiger partial charge in [0.25, 0.3) is 0 Å². The summed E-state index contributed by atoms with van der Waals surface area (Å²) in [5.41, 5.74) is -1.99. The van der Waals surface area contributed by atoms with E-state index in [0.29, 0.717) is 36.6 Å². The Balaban J connectivity index is 0.000000604. The molecule has 0 radical (unpaired) electrons. The Morgan fingerprint density at radius 1 is 1.19 bits per heavy atom. The Kier molecular flexibility index (Phi) is 9.02. The first-order valence-corrected chi connectivity index (χ1v) is 11.5. The molecule has 0 bridgehead atoms. The van der Waals surface area contributed by atoms with E-state index in [2.05, 4.69) is 42.0 Å². The highest BCUT2D eigenvalue weighted by molar-refractivity contribution is 7.11. The highest BCUT2D eigenvalue weighted by Gasteiger charge is 2.43. The van der Waals surface area contributed by atoms with Gasteiger partial charge in [0.1, 0.15) is 6.04 Å². The Hall–Kier alpha value is -3.13. The van der Waals surface area contributed by atoms with Gasteiger partial charge < -0.3 is 10.4 Å². The number of aliphatic carboxylic acids is 1. The van der Waals surface area contributed by atoms with Crippen LogP contribution in [0.3, 0.4) is 0 Å². The third kappa shape index (κ3) is 8.18. The highest BCUT2D eigenvalue weighted by atomic mass is 32.1. The molecule has 2 aromatic heterocycles. The van der Waals surface area contributed by atoms with Gasteiger partial charge in [-0.15, -0.1) is 28.8 Å². The summed E-state index contributed by atoms with van der Waals surface area (Å²) in [6.07, 6.45) is -2.70. The lowest BCUT2D eigenvalue weighted by atomic mass is 10.0. The summed E-state index contributed by atoms with van der Waals surface area (Å²) in [4.78, 5) is 12.7. The molecule has 3 rings (SSSR count). The smallest absolute Gasteiger partial charge is 0.475 e. The molecule has 204 valence electrons. The zero-order chi connectivity index (χ0) is 28.2. The Morgan fingerprint density at radius 3 is 2.24 bits per heavy atom. The molecule has 37 heavy (non-hydrogen) atoms. The Morgan fingerprint density at radius 2 is 1.78 bits per heavy atom. The summed E-state index contributed by atoms with van der Waals surface area (Å²) in [6.45, 7) is 7.54. The molecule has 2 aromatic rings. The minimum Gasteiger partial charge on any atom is -0.475 e. The number of terminal acetylenes is 1. The van der Waals surface area contributed by atoms with Gasteiger partial charge >= 0.3 is 18.3 Å². The van der Waals surface area contributed by atoms with Crippen molar-refractivity contribution < 1.29 is 36.2 Å². The van der Waals surface area contributed by atoms with E-state index in [-0.39, 0.29) is 4.88 Å². The number of nitrogens with zero attached hydrogens (tertiary/aromatic N) is 7. The van der Waals surface area contributed by atoms with Crippen LogP contribution in [0.2, 0.25) is 0 Å². The molecule has 1 atom stereocenters. The number of carboxylic acid groups (broad SMARTS) is 1. The molecular formula is C20H24F6N8O2S. The zero-order valence-corrected chi connectivity index (χ0v) is 21.0. The Bertz CT molecular complexity index is 1150. The van der Waals surface area contributed by atoms with E-state index in [1.54, 1.807) is 6.92 Å². The fourth-order valence-electron chi connectivity index (χ4n) is 3.08. The van der Waals surface area contributed by atoms with Crippen molar-refractivity contribution in [3.63, 3.8) is 0 Å². The summed E-state index contributed by atoms with van der Waals surface area (Å²) in [5, 5.41) is 30.5. The van der Waals surface area contributed by atoms with Crippen molar-refractivity contribution in [3.05, 3.63) is 21.4 Å². The third-order valence-corrected chi connectivity index (χ3v) is 5.88. The van der Waals surface area contributed by atoms with Crippen molar-refractivity contribution in [1.29, 1.82) is 0 Å². The first kappa shape index (κ1) is 30.1. The summed E-state index contributed by atoms with van der Waals surface area (Å²) in [5.74, 6) is 0.0941. The van der Waals surface area contributed by atoms with Gasteiger partial charge in [-0.05, 0) is 38.1 Å². The average Bonchev–Trinajstić information content (AvgIpc) is 3.15. The van der Waals surface area contributed by atoms with Crippen LogP contribution < -0.4 is 5.32 Å². The zero-order valence-electron chi connectivity index (χ0n) is 20.1. The number of carbonyl (C=O) groups is 1. The maximum absolute atomic E-state index is 13.7. The number of tetrazole rings is 1. The normalized spacial score (nSPS) is 15.5. The van der Waals surface area contributed by atoms with Gasteiger partial charge in [0.15, 0.2) is 17.2 Å². The van der Waals surface area contributed by atoms with Crippen molar-refractivity contribution in [2.75, 3.05) is 6.54 Å². The van der Waals surface area contributed by atoms with Gasteiger partial charge in [0.05, 0.1) is 15.4 Å². The minimum absolute atomic E-state index is 0.0302. The number of hydrogen-bond donors (Lipinski definition) is 2. The van der Waals surface area contributed by atoms with Gasteiger partial charge in [-0.25, -0.2) is 14.5 Å². The quantitative estimate of drug-likeness (QED) is 0.363. The first-order valence-electron chi connectivity index (χ1n) is 10.7. The second-order valence-corrected chi connectivity index (χ2v) is 10.1. The van der Waals surface area contributed by atoms with Crippen LogP contribution in [0, 0.1) is 19.3 Å². The van der Waals surface area contributed by atoms with Crippen LogP contribution in [0.1, 0.15) is 67.5 Å². The SMILES string of the molecule is C#CCCC1(CCNC(c2sc(C)nc2C(F)(F)F)c2nnnn2C(C)(C)C)N=N1.O=C(O)C(F)(F)F. The van der Waals surface area contributed by atoms with Gasteiger partial charge in [0.2, 0.25) is 0 Å². The van der Waals surface area contributed by atoms with Gasteiger partial charge in [-0.2, -0.15) is 36.6 Å². The van der Waals surface area contributed by atoms with E-state index < -0.39 is 41.3 Å². The number of aromatic nitrogens is 5. The first-order chi connectivity index (χ1) is 16.9. The molecule has 0 aromatic carbocycles. The van der Waals surface area contributed by atoms with Gasteiger partial charge in [-0.1, -0.05) is 0 Å². The predicted octanol–water partition coefficient (Wildman–Crippen LogP) is 4.49. The van der Waals surface area contributed by atoms with Gasteiger partial charge in [0, 0.05) is 25.8 Å². The molecule has 0 aliphatic carbocycles. The lowest BCUT2D eigenvalue weighted by Crippen LogP contribution is -2.34. The molecule has 1 unspecified atom stereocenters. The number of aryl methyl sites for hydroxylation is 1. The number of nitrogens with one attached hydrogen (secondary N) is 1. The molecule has 10 nitrogen and oxygen atoms in total. The van der Waals surface area contributed by atoms with Crippen LogP contribution >= 0.6 is 11.3 Å². The van der Waals surface area contributed by atoms with Crippen LogP contribution in [-0.4, -0.2) is 54.7 Å². The fraction of sp³-hybridized carbons (Fsp3) is 0.650. The lowest BCUT2D eigenvalue weighted by molar-refractivity contribution is -0.192. The van der Waals surface area contributed by atoms with Crippen LogP contribution in [0.25, 0.3) is 0 Å². The standard InChI is InChI=1S/C18H23F3N8S.C2HF3O2/c1-6-7-8-17(25-26-17)9-10-22-12(15-24-27-28-29(15)16(3,4)5)13-14(18(19,20)21)23-11(2)30-13;3-2(4,5)1(6)7/h1,12,22H,7-10H2,2-5H3;(H,6,7). The second kappa shape index (κ2) is 11.1. The highest BCUT2D eigenvalue weighted by Crippen LogP contribution is 2.40. The number of alkyl halides is 6. The molecule has 0 amide bonds. The van der Waals surface area contributed by atoms with E-state index in [1.165, 1.54) is 4.68 Å². The molecule has 0 spiro atoms. The fourth-order valence-corrected chi connectivity index (χ4v) is 4.10. The lowest BCUT2D eigenvalue weighted by Gasteiger charge is -2.25. The predicted molar refractivity (Wildman–Crippen MR) is 118 cm³/mol. The summed E-state index contributed by atoms with van der Waals surface area (Å²) >= 11 is 0.978. The number of halogens is 6. The second-order valence-electron chi connectivity index (χ2n) is 8.89. The summed E-state index contributed by atoms with van der Waals surface area (Å²) in [6, 6.07) is -0.884. The van der Waals surface area contributed by atoms with E-state index in [1.807, 2.05) is 20.8 Å². The third-order valence-electron chi connectivity index (χ3n) is 4.85. The van der Waals surface area contributed by atoms with Crippen molar-refractivity contribution in [2.45, 2.75) is 76.6 Å². The molecule has 1 aliphatic rings. The molecule has 0 saturated heterocycles. The van der Waals surface area contributed by atoms with Crippen molar-refractivity contribution in [1.82, 2.24) is 30.5 Å². The van der Waals surface area contributed by atoms with E-state index in [4.69, 9.17) is 16.3 Å². The molecule has 0 fully saturated rings. The Labute approximate surface area is 211 Å². The minimum atomic E-state index is -5.08. The monoisotopic (exact) mass is 554 g/mol. The van der Waals surface area contributed by atoms with Crippen molar-refractivity contribution in [2.24, 2.45) is 10.2 Å². The molecule has 1 aliphatic heterocycles. The van der Waals surface area contributed by atoms with Crippen LogP contribution in [0.4, 0.5) is 26.3 Å².